The molecular formula is C14H20INO. The lowest BCUT2D eigenvalue weighted by molar-refractivity contribution is 0.0682. The van der Waals surface area contributed by atoms with Crippen molar-refractivity contribution in [3.63, 3.8) is 0 Å². The average molecular weight is 345 g/mol. The molecule has 1 fully saturated rings. The van der Waals surface area contributed by atoms with Crippen molar-refractivity contribution in [3.05, 3.63) is 27.3 Å². The molecule has 0 heterocycles. The number of nitrogens with one attached hydrogen (secondary N) is 1. The summed E-state index contributed by atoms with van der Waals surface area (Å²) in [7, 11) is 1.82. The predicted octanol–water partition coefficient (Wildman–Crippen LogP) is 3.97. The van der Waals surface area contributed by atoms with E-state index in [2.05, 4.69) is 53.0 Å². The SMILES string of the molecule is COC1CCC(Nc2cc(I)ccc2C)CC1. The molecule has 0 bridgehead atoms. The van der Waals surface area contributed by atoms with Gasteiger partial charge < -0.3 is 10.1 Å². The number of benzene rings is 1. The van der Waals surface area contributed by atoms with Gasteiger partial charge in [0.15, 0.2) is 0 Å². The normalized spacial score (nSPS) is 24.6. The molecule has 17 heavy (non-hydrogen) atoms. The summed E-state index contributed by atoms with van der Waals surface area (Å²) < 4.78 is 6.70. The number of halogens is 1. The molecule has 3 heteroatoms. The van der Waals surface area contributed by atoms with E-state index >= 15 is 0 Å². The molecule has 1 aliphatic rings. The van der Waals surface area contributed by atoms with Crippen molar-refractivity contribution in [2.45, 2.75) is 44.8 Å². The lowest BCUT2D eigenvalue weighted by Crippen LogP contribution is -2.29. The van der Waals surface area contributed by atoms with Gasteiger partial charge in [-0.2, -0.15) is 0 Å². The van der Waals surface area contributed by atoms with Crippen LogP contribution in [-0.4, -0.2) is 19.3 Å². The molecule has 1 N–H and O–H groups in total. The van der Waals surface area contributed by atoms with Gasteiger partial charge in [-0.1, -0.05) is 6.07 Å². The Morgan fingerprint density at radius 3 is 2.59 bits per heavy atom. The second kappa shape index (κ2) is 6.05. The van der Waals surface area contributed by atoms with E-state index in [1.54, 1.807) is 0 Å². The molecule has 1 aromatic carbocycles. The van der Waals surface area contributed by atoms with Gasteiger partial charge in [0, 0.05) is 22.4 Å². The summed E-state index contributed by atoms with van der Waals surface area (Å²) in [6, 6.07) is 7.19. The quantitative estimate of drug-likeness (QED) is 0.837. The second-order valence-electron chi connectivity index (χ2n) is 4.81. The van der Waals surface area contributed by atoms with E-state index in [0.717, 1.165) is 0 Å². The predicted molar refractivity (Wildman–Crippen MR) is 80.6 cm³/mol. The standard InChI is InChI=1S/C14H20INO/c1-10-3-4-11(15)9-14(10)16-12-5-7-13(17-2)8-6-12/h3-4,9,12-13,16H,5-8H2,1-2H3. The van der Waals surface area contributed by atoms with Crippen LogP contribution in [0.2, 0.25) is 0 Å². The van der Waals surface area contributed by atoms with Crippen molar-refractivity contribution in [2.75, 3.05) is 12.4 Å². The number of rotatable bonds is 3. The Hall–Kier alpha value is -0.290. The molecule has 0 atom stereocenters. The van der Waals surface area contributed by atoms with Crippen LogP contribution in [-0.2, 0) is 4.74 Å². The highest BCUT2D eigenvalue weighted by molar-refractivity contribution is 14.1. The maximum atomic E-state index is 5.40. The Balaban J connectivity index is 1.95. The minimum absolute atomic E-state index is 0.477. The fraction of sp³-hybridized carbons (Fsp3) is 0.571. The van der Waals surface area contributed by atoms with Crippen molar-refractivity contribution in [1.82, 2.24) is 0 Å². The fourth-order valence-electron chi connectivity index (χ4n) is 2.41. The molecule has 1 aliphatic carbocycles. The highest BCUT2D eigenvalue weighted by Crippen LogP contribution is 2.26. The van der Waals surface area contributed by atoms with E-state index in [-0.39, 0.29) is 0 Å². The van der Waals surface area contributed by atoms with Gasteiger partial charge in [-0.05, 0) is 72.9 Å². The zero-order valence-corrected chi connectivity index (χ0v) is 12.7. The molecule has 0 spiro atoms. The molecule has 1 saturated carbocycles. The van der Waals surface area contributed by atoms with Crippen LogP contribution in [0.25, 0.3) is 0 Å². The molecular weight excluding hydrogens is 325 g/mol. The highest BCUT2D eigenvalue weighted by atomic mass is 127. The first-order valence-electron chi connectivity index (χ1n) is 6.24. The van der Waals surface area contributed by atoms with Crippen LogP contribution in [0.5, 0.6) is 0 Å². The number of ether oxygens (including phenoxy) is 1. The topological polar surface area (TPSA) is 21.3 Å². The summed E-state index contributed by atoms with van der Waals surface area (Å²) in [5, 5.41) is 3.67. The van der Waals surface area contributed by atoms with E-state index in [1.165, 1.54) is 40.5 Å². The van der Waals surface area contributed by atoms with E-state index in [0.29, 0.717) is 12.1 Å². The second-order valence-corrected chi connectivity index (χ2v) is 6.06. The van der Waals surface area contributed by atoms with Crippen molar-refractivity contribution in [2.24, 2.45) is 0 Å². The number of methoxy groups -OCH3 is 1. The smallest absolute Gasteiger partial charge is 0.0572 e. The Kier molecular flexibility index (Phi) is 4.68. The van der Waals surface area contributed by atoms with E-state index in [4.69, 9.17) is 4.74 Å². The van der Waals surface area contributed by atoms with E-state index in [9.17, 15) is 0 Å². The summed E-state index contributed by atoms with van der Waals surface area (Å²) in [5.41, 5.74) is 2.62. The number of hydrogen-bond acceptors (Lipinski definition) is 2. The lowest BCUT2D eigenvalue weighted by Gasteiger charge is -2.29. The third-order valence-corrected chi connectivity index (χ3v) is 4.24. The van der Waals surface area contributed by atoms with Crippen LogP contribution >= 0.6 is 22.6 Å². The Bertz CT molecular complexity index is 372. The van der Waals surface area contributed by atoms with Gasteiger partial charge in [-0.15, -0.1) is 0 Å². The van der Waals surface area contributed by atoms with Crippen molar-refractivity contribution in [1.29, 1.82) is 0 Å². The molecule has 2 rings (SSSR count). The first-order chi connectivity index (χ1) is 8.19. The van der Waals surface area contributed by atoms with Crippen LogP contribution < -0.4 is 5.32 Å². The number of anilines is 1. The monoisotopic (exact) mass is 345 g/mol. The Morgan fingerprint density at radius 1 is 1.24 bits per heavy atom. The maximum Gasteiger partial charge on any atom is 0.0572 e. The largest absolute Gasteiger partial charge is 0.382 e. The van der Waals surface area contributed by atoms with Gasteiger partial charge in [0.2, 0.25) is 0 Å². The Morgan fingerprint density at radius 2 is 1.94 bits per heavy atom. The van der Waals surface area contributed by atoms with Gasteiger partial charge in [0.05, 0.1) is 6.10 Å². The van der Waals surface area contributed by atoms with Gasteiger partial charge in [-0.3, -0.25) is 0 Å². The molecule has 0 aliphatic heterocycles. The average Bonchev–Trinajstić information content (AvgIpc) is 2.35. The minimum atomic E-state index is 0.477. The molecule has 1 aromatic rings. The van der Waals surface area contributed by atoms with Crippen LogP contribution in [0.15, 0.2) is 18.2 Å². The molecule has 0 saturated heterocycles. The van der Waals surface area contributed by atoms with Gasteiger partial charge in [0.25, 0.3) is 0 Å². The van der Waals surface area contributed by atoms with Crippen molar-refractivity contribution in [3.8, 4) is 0 Å². The first-order valence-corrected chi connectivity index (χ1v) is 7.32. The van der Waals surface area contributed by atoms with Crippen LogP contribution in [0, 0.1) is 10.5 Å². The van der Waals surface area contributed by atoms with Gasteiger partial charge in [0.1, 0.15) is 0 Å². The molecule has 94 valence electrons. The van der Waals surface area contributed by atoms with E-state index < -0.39 is 0 Å². The molecule has 2 nitrogen and oxygen atoms in total. The number of hydrogen-bond donors (Lipinski definition) is 1. The van der Waals surface area contributed by atoms with Crippen LogP contribution in [0.1, 0.15) is 31.2 Å². The summed E-state index contributed by atoms with van der Waals surface area (Å²) >= 11 is 2.37. The highest BCUT2D eigenvalue weighted by Gasteiger charge is 2.20. The fourth-order valence-corrected chi connectivity index (χ4v) is 2.90. The summed E-state index contributed by atoms with van der Waals surface area (Å²) in [6.45, 7) is 2.17. The van der Waals surface area contributed by atoms with Gasteiger partial charge in [-0.25, -0.2) is 0 Å². The first kappa shape index (κ1) is 13.1. The van der Waals surface area contributed by atoms with Gasteiger partial charge >= 0.3 is 0 Å². The lowest BCUT2D eigenvalue weighted by atomic mass is 9.92. The van der Waals surface area contributed by atoms with E-state index in [1.807, 2.05) is 7.11 Å². The summed E-state index contributed by atoms with van der Waals surface area (Å²) in [6.07, 6.45) is 5.26. The minimum Gasteiger partial charge on any atom is -0.382 e. The van der Waals surface area contributed by atoms with Crippen molar-refractivity contribution < 1.29 is 4.74 Å². The Labute approximate surface area is 117 Å². The molecule has 0 radical (unpaired) electrons. The third-order valence-electron chi connectivity index (χ3n) is 3.57. The maximum absolute atomic E-state index is 5.40. The summed E-state index contributed by atoms with van der Waals surface area (Å²) in [4.78, 5) is 0. The molecule has 0 amide bonds. The van der Waals surface area contributed by atoms with Crippen LogP contribution in [0.4, 0.5) is 5.69 Å². The number of aryl methyl sites for hydroxylation is 1. The summed E-state index contributed by atoms with van der Waals surface area (Å²) in [5.74, 6) is 0. The zero-order valence-electron chi connectivity index (χ0n) is 10.5. The third kappa shape index (κ3) is 3.58. The molecule has 0 unspecified atom stereocenters. The van der Waals surface area contributed by atoms with Crippen LogP contribution in [0.3, 0.4) is 0 Å². The van der Waals surface area contributed by atoms with Crippen molar-refractivity contribution >= 4 is 28.3 Å². The molecule has 0 aromatic heterocycles. The zero-order chi connectivity index (χ0) is 12.3.